The highest BCUT2D eigenvalue weighted by Crippen LogP contribution is 2.39. The van der Waals surface area contributed by atoms with Gasteiger partial charge in [0, 0.05) is 31.4 Å². The molecular formula is C19H24N4O4S. The zero-order valence-electron chi connectivity index (χ0n) is 16.0. The van der Waals surface area contributed by atoms with Crippen LogP contribution in [0.15, 0.2) is 47.5 Å². The predicted octanol–water partition coefficient (Wildman–Crippen LogP) is 3.19. The van der Waals surface area contributed by atoms with E-state index >= 15 is 0 Å². The molecule has 0 atom stereocenters. The van der Waals surface area contributed by atoms with E-state index in [0.29, 0.717) is 25.3 Å². The molecule has 0 bridgehead atoms. The van der Waals surface area contributed by atoms with Gasteiger partial charge in [0.25, 0.3) is 5.69 Å². The summed E-state index contributed by atoms with van der Waals surface area (Å²) in [4.78, 5) is 17.5. The average Bonchev–Trinajstić information content (AvgIpc) is 3.52. The summed E-state index contributed by atoms with van der Waals surface area (Å²) < 4.78 is 26.8. The van der Waals surface area contributed by atoms with Crippen molar-refractivity contribution in [3.63, 3.8) is 0 Å². The Bertz CT molecular complexity index is 942. The number of aromatic nitrogens is 1. The second kappa shape index (κ2) is 8.24. The Morgan fingerprint density at radius 1 is 1.18 bits per heavy atom. The van der Waals surface area contributed by atoms with Gasteiger partial charge in [-0.25, -0.2) is 8.42 Å². The molecule has 0 amide bonds. The summed E-state index contributed by atoms with van der Waals surface area (Å²) in [5.74, 6) is 0. The first-order valence-corrected chi connectivity index (χ1v) is 10.8. The first-order valence-electron chi connectivity index (χ1n) is 9.33. The number of nitro groups is 1. The lowest BCUT2D eigenvalue weighted by atomic mass is 10.2. The van der Waals surface area contributed by atoms with Crippen molar-refractivity contribution < 1.29 is 13.3 Å². The third-order valence-corrected chi connectivity index (χ3v) is 6.89. The summed E-state index contributed by atoms with van der Waals surface area (Å²) in [6, 6.07) is 9.96. The Hall–Kier alpha value is -2.52. The molecule has 2 aromatic rings. The summed E-state index contributed by atoms with van der Waals surface area (Å²) in [6.07, 6.45) is 3.58. The molecule has 1 aliphatic carbocycles. The fourth-order valence-electron chi connectivity index (χ4n) is 3.23. The number of anilines is 1. The first kappa shape index (κ1) is 20.2. The number of rotatable bonds is 9. The summed E-state index contributed by atoms with van der Waals surface area (Å²) in [5, 5.41) is 11.8. The molecule has 1 aromatic carbocycles. The maximum absolute atomic E-state index is 12.8. The lowest BCUT2D eigenvalue weighted by Gasteiger charge is -2.25. The van der Waals surface area contributed by atoms with Gasteiger partial charge in [-0.3, -0.25) is 15.1 Å². The molecule has 0 spiro atoms. The highest BCUT2D eigenvalue weighted by molar-refractivity contribution is 7.89. The van der Waals surface area contributed by atoms with Crippen molar-refractivity contribution in [1.29, 1.82) is 0 Å². The summed E-state index contributed by atoms with van der Waals surface area (Å²) >= 11 is 0. The lowest BCUT2D eigenvalue weighted by Crippen LogP contribution is -2.31. The van der Waals surface area contributed by atoms with E-state index < -0.39 is 14.9 Å². The van der Waals surface area contributed by atoms with Crippen LogP contribution in [-0.4, -0.2) is 41.8 Å². The van der Waals surface area contributed by atoms with Gasteiger partial charge in [0.15, 0.2) is 0 Å². The Labute approximate surface area is 165 Å². The molecule has 150 valence electrons. The Kier molecular flexibility index (Phi) is 5.95. The minimum atomic E-state index is -3.77. The largest absolute Gasteiger partial charge is 0.357 e. The van der Waals surface area contributed by atoms with Crippen molar-refractivity contribution in [1.82, 2.24) is 9.29 Å². The van der Waals surface area contributed by atoms with Gasteiger partial charge in [-0.05, 0) is 37.1 Å². The summed E-state index contributed by atoms with van der Waals surface area (Å²) in [5.41, 5.74) is 1.04. The van der Waals surface area contributed by atoms with Gasteiger partial charge in [-0.2, -0.15) is 4.31 Å². The number of pyridine rings is 1. The molecule has 0 saturated heterocycles. The molecule has 0 unspecified atom stereocenters. The summed E-state index contributed by atoms with van der Waals surface area (Å²) in [6.45, 7) is 4.54. The monoisotopic (exact) mass is 404 g/mol. The topological polar surface area (TPSA) is 96.7 Å². The quantitative estimate of drug-likeness (QED) is 0.470. The van der Waals surface area contributed by atoms with Crippen molar-refractivity contribution in [3.05, 3.63) is 58.4 Å². The Morgan fingerprint density at radius 3 is 2.43 bits per heavy atom. The third-order valence-electron chi connectivity index (χ3n) is 4.84. The number of hydrogen-bond donors (Lipinski definition) is 0. The van der Waals surface area contributed by atoms with Gasteiger partial charge >= 0.3 is 0 Å². The normalized spacial score (nSPS) is 14.2. The van der Waals surface area contributed by atoms with Crippen LogP contribution in [0.25, 0.3) is 0 Å². The van der Waals surface area contributed by atoms with Crippen LogP contribution in [-0.2, 0) is 16.6 Å². The minimum absolute atomic E-state index is 0.0553. The van der Waals surface area contributed by atoms with Crippen LogP contribution >= 0.6 is 0 Å². The van der Waals surface area contributed by atoms with Crippen molar-refractivity contribution >= 4 is 21.4 Å². The highest BCUT2D eigenvalue weighted by Gasteiger charge is 2.34. The maximum Gasteiger partial charge on any atom is 0.293 e. The molecule has 1 aromatic heterocycles. The third kappa shape index (κ3) is 4.15. The molecule has 0 radical (unpaired) electrons. The van der Waals surface area contributed by atoms with E-state index in [1.807, 2.05) is 23.1 Å². The smallest absolute Gasteiger partial charge is 0.293 e. The molecule has 9 heteroatoms. The van der Waals surface area contributed by atoms with Crippen LogP contribution < -0.4 is 4.90 Å². The van der Waals surface area contributed by atoms with E-state index in [0.717, 1.165) is 18.5 Å². The zero-order chi connectivity index (χ0) is 20.3. The van der Waals surface area contributed by atoms with Gasteiger partial charge in [0.05, 0.1) is 22.1 Å². The van der Waals surface area contributed by atoms with Crippen LogP contribution in [0.1, 0.15) is 32.4 Å². The fraction of sp³-hybridized carbons (Fsp3) is 0.421. The van der Waals surface area contributed by atoms with Crippen molar-refractivity contribution in [3.8, 4) is 0 Å². The molecule has 1 heterocycles. The second-order valence-electron chi connectivity index (χ2n) is 6.68. The van der Waals surface area contributed by atoms with Crippen LogP contribution in [0.5, 0.6) is 0 Å². The average molecular weight is 404 g/mol. The standard InChI is InChI=1S/C19H24N4O4S/c1-3-21(4-2)28(26,27)17-10-11-18(19(13-17)23(24)25)22(16-8-9-16)14-15-7-5-6-12-20-15/h5-7,10-13,16H,3-4,8-9,14H2,1-2H3. The number of hydrogen-bond acceptors (Lipinski definition) is 6. The van der Waals surface area contributed by atoms with Gasteiger partial charge in [0.2, 0.25) is 10.0 Å². The van der Waals surface area contributed by atoms with Crippen molar-refractivity contribution in [2.24, 2.45) is 0 Å². The van der Waals surface area contributed by atoms with E-state index in [2.05, 4.69) is 4.98 Å². The number of benzene rings is 1. The lowest BCUT2D eigenvalue weighted by molar-refractivity contribution is -0.384. The number of sulfonamides is 1. The van der Waals surface area contributed by atoms with Crippen molar-refractivity contribution in [2.75, 3.05) is 18.0 Å². The number of nitro benzene ring substituents is 1. The molecule has 28 heavy (non-hydrogen) atoms. The van der Waals surface area contributed by atoms with E-state index in [4.69, 9.17) is 0 Å². The van der Waals surface area contributed by atoms with Crippen LogP contribution in [0.3, 0.4) is 0 Å². The van der Waals surface area contributed by atoms with Gasteiger partial charge in [0.1, 0.15) is 5.69 Å². The molecule has 0 N–H and O–H groups in total. The molecule has 3 rings (SSSR count). The Morgan fingerprint density at radius 2 is 1.89 bits per heavy atom. The van der Waals surface area contributed by atoms with Crippen LogP contribution in [0, 0.1) is 10.1 Å². The van der Waals surface area contributed by atoms with Crippen LogP contribution in [0.2, 0.25) is 0 Å². The molecule has 1 aliphatic rings. The Balaban J connectivity index is 2.02. The minimum Gasteiger partial charge on any atom is -0.357 e. The van der Waals surface area contributed by atoms with Crippen LogP contribution in [0.4, 0.5) is 11.4 Å². The first-order chi connectivity index (χ1) is 13.4. The highest BCUT2D eigenvalue weighted by atomic mass is 32.2. The molecule has 1 fully saturated rings. The fourth-order valence-corrected chi connectivity index (χ4v) is 4.71. The SMILES string of the molecule is CCN(CC)S(=O)(=O)c1ccc(N(Cc2ccccn2)C2CC2)c([N+](=O)[O-])c1. The molecule has 1 saturated carbocycles. The molecule has 8 nitrogen and oxygen atoms in total. The van der Waals surface area contributed by atoms with Crippen molar-refractivity contribution in [2.45, 2.75) is 44.2 Å². The summed E-state index contributed by atoms with van der Waals surface area (Å²) in [7, 11) is -3.77. The van der Waals surface area contributed by atoms with E-state index in [1.54, 1.807) is 26.1 Å². The number of nitrogens with zero attached hydrogens (tertiary/aromatic N) is 4. The van der Waals surface area contributed by atoms with Gasteiger partial charge in [-0.1, -0.05) is 19.9 Å². The van der Waals surface area contributed by atoms with Gasteiger partial charge < -0.3 is 4.90 Å². The maximum atomic E-state index is 12.8. The predicted molar refractivity (Wildman–Crippen MR) is 107 cm³/mol. The van der Waals surface area contributed by atoms with E-state index in [-0.39, 0.29) is 16.6 Å². The zero-order valence-corrected chi connectivity index (χ0v) is 16.8. The van der Waals surface area contributed by atoms with E-state index in [1.165, 1.54) is 16.4 Å². The van der Waals surface area contributed by atoms with Gasteiger partial charge in [-0.15, -0.1) is 0 Å². The molecule has 0 aliphatic heterocycles. The van der Waals surface area contributed by atoms with E-state index in [9.17, 15) is 18.5 Å². The second-order valence-corrected chi connectivity index (χ2v) is 8.62. The molecular weight excluding hydrogens is 380 g/mol.